The van der Waals surface area contributed by atoms with E-state index in [1.807, 2.05) is 18.2 Å². The van der Waals surface area contributed by atoms with Crippen LogP contribution in [0.25, 0.3) is 5.69 Å². The Balaban J connectivity index is 1.74. The van der Waals surface area contributed by atoms with E-state index in [1.165, 1.54) is 6.07 Å². The molecule has 0 saturated carbocycles. The second-order valence-corrected chi connectivity index (χ2v) is 6.94. The molecule has 1 aromatic heterocycles. The first kappa shape index (κ1) is 22.3. The molecule has 10 heteroatoms. The number of methoxy groups -OCH3 is 2. The summed E-state index contributed by atoms with van der Waals surface area (Å²) in [5, 5.41) is 13.7. The summed E-state index contributed by atoms with van der Waals surface area (Å²) < 4.78 is 11.7. The first-order chi connectivity index (χ1) is 14.9. The molecule has 0 unspecified atom stereocenters. The first-order valence-corrected chi connectivity index (χ1v) is 9.77. The molecule has 0 bridgehead atoms. The lowest BCUT2D eigenvalue weighted by molar-refractivity contribution is 0.0936. The van der Waals surface area contributed by atoms with Gasteiger partial charge in [0.2, 0.25) is 0 Å². The van der Waals surface area contributed by atoms with E-state index in [2.05, 4.69) is 20.9 Å². The Hall–Kier alpha value is -3.43. The van der Waals surface area contributed by atoms with E-state index in [4.69, 9.17) is 21.1 Å². The minimum absolute atomic E-state index is 0.167. The number of nitrogens with one attached hydrogen (secondary N) is 2. The fourth-order valence-electron chi connectivity index (χ4n) is 2.86. The number of rotatable bonds is 8. The monoisotopic (exact) mass is 443 g/mol. The Bertz CT molecular complexity index is 1100. The van der Waals surface area contributed by atoms with Crippen molar-refractivity contribution in [2.24, 2.45) is 0 Å². The van der Waals surface area contributed by atoms with Gasteiger partial charge in [0.1, 0.15) is 5.75 Å². The van der Waals surface area contributed by atoms with Crippen molar-refractivity contribution in [3.63, 3.8) is 0 Å². The number of carbonyl (C=O) groups excluding carboxylic acids is 2. The number of benzene rings is 2. The van der Waals surface area contributed by atoms with E-state index in [-0.39, 0.29) is 16.6 Å². The van der Waals surface area contributed by atoms with Gasteiger partial charge in [0, 0.05) is 25.4 Å². The van der Waals surface area contributed by atoms with Gasteiger partial charge < -0.3 is 20.1 Å². The van der Waals surface area contributed by atoms with Crippen molar-refractivity contribution in [2.75, 3.05) is 32.7 Å². The third-order valence-electron chi connectivity index (χ3n) is 4.47. The third-order valence-corrected chi connectivity index (χ3v) is 4.78. The summed E-state index contributed by atoms with van der Waals surface area (Å²) in [6.07, 6.45) is 0. The van der Waals surface area contributed by atoms with Crippen LogP contribution in [-0.4, -0.2) is 54.2 Å². The fraction of sp³-hybridized carbons (Fsp3) is 0.238. The molecule has 0 spiro atoms. The summed E-state index contributed by atoms with van der Waals surface area (Å²) in [6, 6.07) is 11.9. The number of hydrogen-bond donors (Lipinski definition) is 2. The number of nitrogens with zero attached hydrogens (tertiary/aromatic N) is 3. The molecule has 0 aliphatic rings. The maximum Gasteiger partial charge on any atom is 0.278 e. The second-order valence-electron chi connectivity index (χ2n) is 6.53. The van der Waals surface area contributed by atoms with Gasteiger partial charge in [0.15, 0.2) is 5.69 Å². The summed E-state index contributed by atoms with van der Waals surface area (Å²) >= 11 is 6.22. The van der Waals surface area contributed by atoms with Crippen molar-refractivity contribution in [2.45, 2.75) is 6.92 Å². The number of anilines is 1. The first-order valence-electron chi connectivity index (χ1n) is 9.39. The van der Waals surface area contributed by atoms with E-state index >= 15 is 0 Å². The lowest BCUT2D eigenvalue weighted by atomic mass is 10.2. The van der Waals surface area contributed by atoms with Gasteiger partial charge in [-0.15, -0.1) is 5.10 Å². The van der Waals surface area contributed by atoms with Crippen molar-refractivity contribution < 1.29 is 19.1 Å². The summed E-state index contributed by atoms with van der Waals surface area (Å²) in [5.41, 5.74) is 2.18. The highest BCUT2D eigenvalue weighted by Gasteiger charge is 2.19. The highest BCUT2D eigenvalue weighted by Crippen LogP contribution is 2.22. The van der Waals surface area contributed by atoms with Crippen LogP contribution in [0.4, 0.5) is 5.69 Å². The normalized spacial score (nSPS) is 10.6. The predicted octanol–water partition coefficient (Wildman–Crippen LogP) is 2.87. The van der Waals surface area contributed by atoms with Crippen molar-refractivity contribution in [3.8, 4) is 11.4 Å². The number of ether oxygens (including phenoxy) is 2. The maximum atomic E-state index is 12.7. The molecule has 1 heterocycles. The molecule has 0 radical (unpaired) electrons. The minimum Gasteiger partial charge on any atom is -0.497 e. The summed E-state index contributed by atoms with van der Waals surface area (Å²) in [5.74, 6) is -0.101. The molecule has 31 heavy (non-hydrogen) atoms. The minimum atomic E-state index is -0.444. The number of carbonyl (C=O) groups is 2. The van der Waals surface area contributed by atoms with Gasteiger partial charge in [0.25, 0.3) is 11.8 Å². The van der Waals surface area contributed by atoms with Crippen LogP contribution in [-0.2, 0) is 4.74 Å². The number of aromatic nitrogens is 3. The lowest BCUT2D eigenvalue weighted by Gasteiger charge is -2.09. The molecule has 0 fully saturated rings. The van der Waals surface area contributed by atoms with Gasteiger partial charge in [-0.1, -0.05) is 22.9 Å². The topological polar surface area (TPSA) is 107 Å². The predicted molar refractivity (Wildman–Crippen MR) is 116 cm³/mol. The Morgan fingerprint density at radius 1 is 1.13 bits per heavy atom. The largest absolute Gasteiger partial charge is 0.497 e. The molecule has 2 N–H and O–H groups in total. The van der Waals surface area contributed by atoms with Crippen LogP contribution in [0.3, 0.4) is 0 Å². The zero-order valence-corrected chi connectivity index (χ0v) is 18.1. The molecule has 2 aromatic carbocycles. The van der Waals surface area contributed by atoms with Crippen LogP contribution in [0.15, 0.2) is 42.5 Å². The average molecular weight is 444 g/mol. The van der Waals surface area contributed by atoms with Crippen molar-refractivity contribution >= 4 is 29.1 Å². The Labute approximate surface area is 184 Å². The average Bonchev–Trinajstić information content (AvgIpc) is 3.15. The van der Waals surface area contributed by atoms with Gasteiger partial charge in [0.05, 0.1) is 35.7 Å². The van der Waals surface area contributed by atoms with E-state index in [0.717, 1.165) is 5.69 Å². The molecule has 3 rings (SSSR count). The van der Waals surface area contributed by atoms with Crippen LogP contribution >= 0.6 is 11.6 Å². The van der Waals surface area contributed by atoms with Crippen LogP contribution in [0, 0.1) is 6.92 Å². The van der Waals surface area contributed by atoms with Gasteiger partial charge in [-0.25, -0.2) is 4.68 Å². The van der Waals surface area contributed by atoms with Gasteiger partial charge >= 0.3 is 0 Å². The van der Waals surface area contributed by atoms with E-state index in [9.17, 15) is 9.59 Å². The molecule has 0 aliphatic carbocycles. The second kappa shape index (κ2) is 10.1. The van der Waals surface area contributed by atoms with Crippen LogP contribution in [0.5, 0.6) is 5.75 Å². The maximum absolute atomic E-state index is 12.7. The third kappa shape index (κ3) is 5.19. The SMILES string of the molecule is COCCNC(=O)c1ccc(NC(=O)c2nnn(-c3cccc(OC)c3)c2C)cc1Cl. The van der Waals surface area contributed by atoms with Crippen molar-refractivity contribution in [1.82, 2.24) is 20.3 Å². The summed E-state index contributed by atoms with van der Waals surface area (Å²) in [6.45, 7) is 2.51. The smallest absolute Gasteiger partial charge is 0.278 e. The van der Waals surface area contributed by atoms with E-state index in [1.54, 1.807) is 44.0 Å². The zero-order chi connectivity index (χ0) is 22.4. The number of hydrogen-bond acceptors (Lipinski definition) is 6. The molecule has 9 nitrogen and oxygen atoms in total. The summed E-state index contributed by atoms with van der Waals surface area (Å²) in [7, 11) is 3.12. The molecule has 2 amide bonds. The van der Waals surface area contributed by atoms with Crippen molar-refractivity contribution in [1.29, 1.82) is 0 Å². The van der Waals surface area contributed by atoms with Crippen LogP contribution < -0.4 is 15.4 Å². The number of amides is 2. The Morgan fingerprint density at radius 2 is 1.94 bits per heavy atom. The van der Waals surface area contributed by atoms with Gasteiger partial charge in [-0.05, 0) is 37.3 Å². The standard InChI is InChI=1S/C21H22ClN5O4/c1-13-19(25-26-27(13)15-5-4-6-16(12-15)31-3)21(29)24-14-7-8-17(18(22)11-14)20(28)23-9-10-30-2/h4-8,11-12H,9-10H2,1-3H3,(H,23,28)(H,24,29). The highest BCUT2D eigenvalue weighted by atomic mass is 35.5. The Kier molecular flexibility index (Phi) is 7.22. The van der Waals surface area contributed by atoms with E-state index in [0.29, 0.717) is 35.8 Å². The van der Waals surface area contributed by atoms with Gasteiger partial charge in [-0.3, -0.25) is 9.59 Å². The summed E-state index contributed by atoms with van der Waals surface area (Å²) in [4.78, 5) is 24.9. The molecule has 0 aliphatic heterocycles. The zero-order valence-electron chi connectivity index (χ0n) is 17.3. The van der Waals surface area contributed by atoms with Crippen LogP contribution in [0.1, 0.15) is 26.5 Å². The molecule has 162 valence electrons. The highest BCUT2D eigenvalue weighted by molar-refractivity contribution is 6.34. The lowest BCUT2D eigenvalue weighted by Crippen LogP contribution is -2.27. The molecular weight excluding hydrogens is 422 g/mol. The molecule has 0 saturated heterocycles. The van der Waals surface area contributed by atoms with Crippen molar-refractivity contribution in [3.05, 3.63) is 64.4 Å². The quantitative estimate of drug-likeness (QED) is 0.518. The molecule has 3 aromatic rings. The van der Waals surface area contributed by atoms with Crippen LogP contribution in [0.2, 0.25) is 5.02 Å². The molecule has 0 atom stereocenters. The molecular formula is C21H22ClN5O4. The number of halogens is 1. The fourth-order valence-corrected chi connectivity index (χ4v) is 3.12. The van der Waals surface area contributed by atoms with Gasteiger partial charge in [-0.2, -0.15) is 0 Å². The Morgan fingerprint density at radius 3 is 2.65 bits per heavy atom. The van der Waals surface area contributed by atoms with E-state index < -0.39 is 5.91 Å².